The third-order valence-electron chi connectivity index (χ3n) is 3.13. The van der Waals surface area contributed by atoms with E-state index in [-0.39, 0.29) is 22.1 Å². The minimum absolute atomic E-state index is 0.0492. The van der Waals surface area contributed by atoms with E-state index in [9.17, 15) is 9.90 Å². The first-order chi connectivity index (χ1) is 10.4. The molecule has 0 fully saturated rings. The van der Waals surface area contributed by atoms with Crippen molar-refractivity contribution in [2.75, 3.05) is 7.11 Å². The number of hydrogen-bond donors (Lipinski definition) is 1. The quantitative estimate of drug-likeness (QED) is 0.631. The summed E-state index contributed by atoms with van der Waals surface area (Å²) >= 11 is 11.7. The van der Waals surface area contributed by atoms with Crippen LogP contribution in [-0.4, -0.2) is 18.0 Å². The van der Waals surface area contributed by atoms with Crippen molar-refractivity contribution in [1.82, 2.24) is 0 Å². The van der Waals surface area contributed by atoms with Crippen LogP contribution in [-0.2, 0) is 0 Å². The van der Waals surface area contributed by atoms with E-state index in [0.29, 0.717) is 10.6 Å². The van der Waals surface area contributed by atoms with Gasteiger partial charge in [0.1, 0.15) is 11.5 Å². The number of methoxy groups -OCH3 is 1. The summed E-state index contributed by atoms with van der Waals surface area (Å²) in [5.74, 6) is 0.136. The molecule has 2 aromatic rings. The van der Waals surface area contributed by atoms with E-state index in [0.717, 1.165) is 11.3 Å². The number of allylic oxidation sites excluding steroid dienone is 1. The second-order valence-electron chi connectivity index (χ2n) is 4.71. The Morgan fingerprint density at radius 1 is 1.18 bits per heavy atom. The first kappa shape index (κ1) is 16.4. The van der Waals surface area contributed by atoms with Crippen LogP contribution in [0.4, 0.5) is 0 Å². The number of hydrogen-bond acceptors (Lipinski definition) is 3. The maximum atomic E-state index is 12.4. The molecule has 0 aromatic heterocycles. The summed E-state index contributed by atoms with van der Waals surface area (Å²) in [4.78, 5) is 12.4. The van der Waals surface area contributed by atoms with E-state index in [4.69, 9.17) is 27.9 Å². The molecule has 0 radical (unpaired) electrons. The molecule has 0 aliphatic carbocycles. The lowest BCUT2D eigenvalue weighted by Crippen LogP contribution is -2.01. The van der Waals surface area contributed by atoms with Gasteiger partial charge in [0.15, 0.2) is 5.78 Å². The van der Waals surface area contributed by atoms with Crippen molar-refractivity contribution in [3.63, 3.8) is 0 Å². The van der Waals surface area contributed by atoms with Gasteiger partial charge in [0, 0.05) is 5.02 Å². The molecule has 0 saturated carbocycles. The van der Waals surface area contributed by atoms with Crippen LogP contribution in [0.25, 0.3) is 6.08 Å². The van der Waals surface area contributed by atoms with Crippen LogP contribution in [0, 0.1) is 0 Å². The molecule has 0 spiro atoms. The third kappa shape index (κ3) is 3.62. The molecule has 0 heterocycles. The van der Waals surface area contributed by atoms with Gasteiger partial charge in [-0.05, 0) is 48.4 Å². The van der Waals surface area contributed by atoms with E-state index in [1.807, 2.05) is 12.1 Å². The van der Waals surface area contributed by atoms with Gasteiger partial charge in [-0.15, -0.1) is 0 Å². The number of Topliss-reactive ketones (excluding diaryl/α,β-unsaturated/α-hetero) is 1. The maximum absolute atomic E-state index is 12.4. The van der Waals surface area contributed by atoms with Crippen LogP contribution < -0.4 is 4.74 Å². The topological polar surface area (TPSA) is 46.5 Å². The van der Waals surface area contributed by atoms with Crippen molar-refractivity contribution in [2.45, 2.75) is 6.92 Å². The van der Waals surface area contributed by atoms with Crippen molar-refractivity contribution < 1.29 is 14.6 Å². The highest BCUT2D eigenvalue weighted by molar-refractivity contribution is 6.36. The predicted molar refractivity (Wildman–Crippen MR) is 89.1 cm³/mol. The van der Waals surface area contributed by atoms with Gasteiger partial charge in [-0.25, -0.2) is 0 Å². The van der Waals surface area contributed by atoms with E-state index in [1.54, 1.807) is 32.2 Å². The molecular weight excluding hydrogens is 323 g/mol. The molecule has 22 heavy (non-hydrogen) atoms. The molecular formula is C17H14Cl2O3. The normalized spacial score (nSPS) is 11.4. The van der Waals surface area contributed by atoms with E-state index in [2.05, 4.69) is 0 Å². The molecule has 2 aromatic carbocycles. The fourth-order valence-corrected chi connectivity index (χ4v) is 2.46. The fourth-order valence-electron chi connectivity index (χ4n) is 1.97. The molecule has 0 unspecified atom stereocenters. The molecule has 0 bridgehead atoms. The highest BCUT2D eigenvalue weighted by Crippen LogP contribution is 2.32. The number of halogens is 2. The van der Waals surface area contributed by atoms with Gasteiger partial charge in [0.05, 0.1) is 17.7 Å². The van der Waals surface area contributed by atoms with E-state index in [1.165, 1.54) is 12.1 Å². The first-order valence-corrected chi connectivity index (χ1v) is 7.23. The summed E-state index contributed by atoms with van der Waals surface area (Å²) in [6, 6.07) is 10.1. The Morgan fingerprint density at radius 2 is 1.82 bits per heavy atom. The van der Waals surface area contributed by atoms with Crippen molar-refractivity contribution in [3.8, 4) is 11.5 Å². The lowest BCUT2D eigenvalue weighted by Gasteiger charge is -2.07. The minimum atomic E-state index is -0.335. The predicted octanol–water partition coefficient (Wildman–Crippen LogP) is 4.99. The average molecular weight is 337 g/mol. The number of carbonyl (C=O) groups excluding carboxylic acids is 1. The number of rotatable bonds is 4. The van der Waals surface area contributed by atoms with Crippen LogP contribution in [0.15, 0.2) is 42.0 Å². The molecule has 0 aliphatic heterocycles. The highest BCUT2D eigenvalue weighted by Gasteiger charge is 2.16. The van der Waals surface area contributed by atoms with Gasteiger partial charge < -0.3 is 9.84 Å². The van der Waals surface area contributed by atoms with Gasteiger partial charge in [-0.2, -0.15) is 0 Å². The minimum Gasteiger partial charge on any atom is -0.506 e. The lowest BCUT2D eigenvalue weighted by molar-refractivity contribution is 0.103. The molecule has 114 valence electrons. The number of ether oxygens (including phenoxy) is 1. The number of carbonyl (C=O) groups is 1. The Balaban J connectivity index is 2.34. The van der Waals surface area contributed by atoms with Gasteiger partial charge in [0.25, 0.3) is 0 Å². The highest BCUT2D eigenvalue weighted by atomic mass is 35.5. The Hall–Kier alpha value is -1.97. The van der Waals surface area contributed by atoms with E-state index < -0.39 is 0 Å². The van der Waals surface area contributed by atoms with Gasteiger partial charge >= 0.3 is 0 Å². The summed E-state index contributed by atoms with van der Waals surface area (Å²) in [7, 11) is 1.59. The van der Waals surface area contributed by atoms with Crippen molar-refractivity contribution in [1.29, 1.82) is 0 Å². The molecule has 0 amide bonds. The average Bonchev–Trinajstić information content (AvgIpc) is 2.50. The van der Waals surface area contributed by atoms with Crippen LogP contribution in [0.3, 0.4) is 0 Å². The number of ketones is 1. The van der Waals surface area contributed by atoms with Crippen LogP contribution in [0.2, 0.25) is 10.0 Å². The van der Waals surface area contributed by atoms with Crippen LogP contribution in [0.1, 0.15) is 22.8 Å². The van der Waals surface area contributed by atoms with Gasteiger partial charge in [0.2, 0.25) is 0 Å². The summed E-state index contributed by atoms with van der Waals surface area (Å²) in [6.07, 6.45) is 1.72. The SMILES string of the molecule is COc1ccc(C=C(C)C(=O)c2cc(Cl)cc(Cl)c2O)cc1. The molecule has 1 N–H and O–H groups in total. The van der Waals surface area contributed by atoms with Gasteiger partial charge in [-0.1, -0.05) is 35.3 Å². The zero-order valence-electron chi connectivity index (χ0n) is 12.1. The van der Waals surface area contributed by atoms with Crippen LogP contribution >= 0.6 is 23.2 Å². The Bertz CT molecular complexity index is 734. The summed E-state index contributed by atoms with van der Waals surface area (Å²) in [6.45, 7) is 1.67. The molecule has 0 aliphatic rings. The summed E-state index contributed by atoms with van der Waals surface area (Å²) in [5.41, 5.74) is 1.39. The van der Waals surface area contributed by atoms with Gasteiger partial charge in [-0.3, -0.25) is 4.79 Å². The number of phenolic OH excluding ortho intramolecular Hbond substituents is 1. The third-order valence-corrected chi connectivity index (χ3v) is 3.64. The molecule has 0 atom stereocenters. The lowest BCUT2D eigenvalue weighted by atomic mass is 10.0. The number of benzene rings is 2. The standard InChI is InChI=1S/C17H14Cl2O3/c1-10(7-11-3-5-13(22-2)6-4-11)16(20)14-8-12(18)9-15(19)17(14)21/h3-9,21H,1-2H3. The molecule has 3 nitrogen and oxygen atoms in total. The number of aromatic hydroxyl groups is 1. The zero-order chi connectivity index (χ0) is 16.3. The first-order valence-electron chi connectivity index (χ1n) is 6.47. The molecule has 5 heteroatoms. The zero-order valence-corrected chi connectivity index (χ0v) is 13.6. The van der Waals surface area contributed by atoms with Crippen molar-refractivity contribution >= 4 is 35.1 Å². The Kier molecular flexibility index (Phi) is 5.11. The largest absolute Gasteiger partial charge is 0.506 e. The van der Waals surface area contributed by atoms with Crippen molar-refractivity contribution in [3.05, 3.63) is 63.1 Å². The fraction of sp³-hybridized carbons (Fsp3) is 0.118. The maximum Gasteiger partial charge on any atom is 0.192 e. The summed E-state index contributed by atoms with van der Waals surface area (Å²) in [5, 5.41) is 10.3. The molecule has 2 rings (SSSR count). The van der Waals surface area contributed by atoms with Crippen LogP contribution in [0.5, 0.6) is 11.5 Å². The number of phenols is 1. The monoisotopic (exact) mass is 336 g/mol. The Labute approximate surface area is 138 Å². The Morgan fingerprint density at radius 3 is 2.41 bits per heavy atom. The summed E-state index contributed by atoms with van der Waals surface area (Å²) < 4.78 is 5.08. The van der Waals surface area contributed by atoms with Crippen molar-refractivity contribution in [2.24, 2.45) is 0 Å². The second kappa shape index (κ2) is 6.86. The van der Waals surface area contributed by atoms with E-state index >= 15 is 0 Å². The molecule has 0 saturated heterocycles. The second-order valence-corrected chi connectivity index (χ2v) is 5.56. The smallest absolute Gasteiger partial charge is 0.192 e.